The lowest BCUT2D eigenvalue weighted by Gasteiger charge is -2.15. The van der Waals surface area contributed by atoms with Gasteiger partial charge in [-0.05, 0) is 37.4 Å². The van der Waals surface area contributed by atoms with Gasteiger partial charge >= 0.3 is 0 Å². The van der Waals surface area contributed by atoms with Gasteiger partial charge in [0.2, 0.25) is 0 Å². The number of fused-ring (bicyclic) bond motifs is 1. The Hall–Kier alpha value is -1.80. The van der Waals surface area contributed by atoms with E-state index in [-0.39, 0.29) is 0 Å². The molecule has 100 valence electrons. The molecule has 0 bridgehead atoms. The zero-order valence-corrected chi connectivity index (χ0v) is 11.7. The molecule has 0 aliphatic heterocycles. The number of ether oxygens (including phenoxy) is 1. The third-order valence-electron chi connectivity index (χ3n) is 3.14. The monoisotopic (exact) mass is 255 g/mol. The molecule has 0 amide bonds. The molecule has 2 rings (SSSR count). The Morgan fingerprint density at radius 2 is 1.95 bits per heavy atom. The van der Waals surface area contributed by atoms with Gasteiger partial charge < -0.3 is 9.64 Å². The number of nitrogens with zero attached hydrogens (tertiary/aromatic N) is 1. The van der Waals surface area contributed by atoms with Crippen LogP contribution in [0.3, 0.4) is 0 Å². The third-order valence-corrected chi connectivity index (χ3v) is 3.14. The first-order valence-electron chi connectivity index (χ1n) is 6.61. The van der Waals surface area contributed by atoms with Gasteiger partial charge in [0.05, 0.1) is 0 Å². The van der Waals surface area contributed by atoms with Crippen molar-refractivity contribution in [2.75, 3.05) is 27.2 Å². The van der Waals surface area contributed by atoms with E-state index in [1.165, 1.54) is 16.3 Å². The summed E-state index contributed by atoms with van der Waals surface area (Å²) in [5.41, 5.74) is 1.23. The fourth-order valence-corrected chi connectivity index (χ4v) is 2.14. The average molecular weight is 255 g/mol. The Labute approximate surface area is 115 Å². The molecule has 0 radical (unpaired) electrons. The Kier molecular flexibility index (Phi) is 4.58. The van der Waals surface area contributed by atoms with Crippen LogP contribution in [-0.2, 0) is 6.42 Å². The second kappa shape index (κ2) is 6.39. The van der Waals surface area contributed by atoms with Crippen molar-refractivity contribution in [3.63, 3.8) is 0 Å². The van der Waals surface area contributed by atoms with E-state index in [9.17, 15) is 0 Å². The number of hydrogen-bond donors (Lipinski definition) is 0. The first-order valence-corrected chi connectivity index (χ1v) is 6.61. The third kappa shape index (κ3) is 3.36. The maximum atomic E-state index is 5.92. The molecule has 0 saturated carbocycles. The molecule has 0 N–H and O–H groups in total. The molecule has 0 unspecified atom stereocenters. The molecule has 0 spiro atoms. The van der Waals surface area contributed by atoms with Crippen LogP contribution in [0.1, 0.15) is 5.56 Å². The van der Waals surface area contributed by atoms with Crippen molar-refractivity contribution in [2.24, 2.45) is 0 Å². The minimum Gasteiger partial charge on any atom is -0.492 e. The molecule has 2 aromatic carbocycles. The fraction of sp³-hybridized carbons (Fsp3) is 0.294. The van der Waals surface area contributed by atoms with Crippen LogP contribution >= 0.6 is 0 Å². The van der Waals surface area contributed by atoms with Gasteiger partial charge in [-0.15, -0.1) is 6.58 Å². The maximum Gasteiger partial charge on any atom is 0.123 e. The summed E-state index contributed by atoms with van der Waals surface area (Å²) in [4.78, 5) is 2.12. The van der Waals surface area contributed by atoms with E-state index in [2.05, 4.69) is 62.0 Å². The molecule has 2 heteroatoms. The van der Waals surface area contributed by atoms with Crippen LogP contribution in [0.25, 0.3) is 10.8 Å². The van der Waals surface area contributed by atoms with Crippen LogP contribution in [0.15, 0.2) is 49.1 Å². The number of rotatable bonds is 6. The highest BCUT2D eigenvalue weighted by atomic mass is 16.5. The van der Waals surface area contributed by atoms with Crippen LogP contribution in [0.4, 0.5) is 0 Å². The van der Waals surface area contributed by atoms with Crippen LogP contribution in [-0.4, -0.2) is 32.1 Å². The Bertz CT molecular complexity index is 560. The summed E-state index contributed by atoms with van der Waals surface area (Å²) in [7, 11) is 4.10. The SMILES string of the molecule is C=CCc1c(OCCN(C)C)ccc2ccccc12. The normalized spacial score (nSPS) is 10.9. The second-order valence-corrected chi connectivity index (χ2v) is 4.91. The average Bonchev–Trinajstić information content (AvgIpc) is 2.41. The lowest BCUT2D eigenvalue weighted by molar-refractivity contribution is 0.260. The molecule has 0 saturated heterocycles. The van der Waals surface area contributed by atoms with Crippen molar-refractivity contribution in [3.05, 3.63) is 54.6 Å². The fourth-order valence-electron chi connectivity index (χ4n) is 2.14. The first kappa shape index (κ1) is 13.6. The van der Waals surface area contributed by atoms with E-state index in [4.69, 9.17) is 4.74 Å². The van der Waals surface area contributed by atoms with E-state index in [0.29, 0.717) is 6.61 Å². The van der Waals surface area contributed by atoms with Gasteiger partial charge in [-0.1, -0.05) is 36.4 Å². The summed E-state index contributed by atoms with van der Waals surface area (Å²) in [6, 6.07) is 12.6. The van der Waals surface area contributed by atoms with E-state index in [0.717, 1.165) is 18.7 Å². The molecule has 0 heterocycles. The van der Waals surface area contributed by atoms with Crippen molar-refractivity contribution in [2.45, 2.75) is 6.42 Å². The van der Waals surface area contributed by atoms with Crippen LogP contribution < -0.4 is 4.74 Å². The van der Waals surface area contributed by atoms with Gasteiger partial charge in [0.25, 0.3) is 0 Å². The molecule has 0 fully saturated rings. The van der Waals surface area contributed by atoms with Gasteiger partial charge in [-0.25, -0.2) is 0 Å². The van der Waals surface area contributed by atoms with Crippen molar-refractivity contribution in [1.82, 2.24) is 4.90 Å². The van der Waals surface area contributed by atoms with Gasteiger partial charge in [-0.3, -0.25) is 0 Å². The Morgan fingerprint density at radius 1 is 1.16 bits per heavy atom. The molecule has 19 heavy (non-hydrogen) atoms. The minimum absolute atomic E-state index is 0.704. The van der Waals surface area contributed by atoms with Crippen molar-refractivity contribution in [1.29, 1.82) is 0 Å². The summed E-state index contributed by atoms with van der Waals surface area (Å²) < 4.78 is 5.92. The zero-order valence-electron chi connectivity index (χ0n) is 11.7. The molecule has 0 aromatic heterocycles. The highest BCUT2D eigenvalue weighted by molar-refractivity contribution is 5.87. The Balaban J connectivity index is 2.31. The number of hydrogen-bond acceptors (Lipinski definition) is 2. The lowest BCUT2D eigenvalue weighted by atomic mass is 10.0. The topological polar surface area (TPSA) is 12.5 Å². The first-order chi connectivity index (χ1) is 9.22. The van der Waals surface area contributed by atoms with Crippen LogP contribution in [0, 0.1) is 0 Å². The standard InChI is InChI=1S/C17H21NO/c1-4-7-16-15-9-6-5-8-14(15)10-11-17(16)19-13-12-18(2)3/h4-6,8-11H,1,7,12-13H2,2-3H3. The minimum atomic E-state index is 0.704. The molecule has 2 aromatic rings. The van der Waals surface area contributed by atoms with E-state index in [1.54, 1.807) is 0 Å². The van der Waals surface area contributed by atoms with Gasteiger partial charge in [0, 0.05) is 12.1 Å². The summed E-state index contributed by atoms with van der Waals surface area (Å²) in [6.45, 7) is 5.47. The number of likely N-dealkylation sites (N-methyl/N-ethyl adjacent to an activating group) is 1. The summed E-state index contributed by atoms with van der Waals surface area (Å²) in [5, 5.41) is 2.50. The number of allylic oxidation sites excluding steroid dienone is 1. The maximum absolute atomic E-state index is 5.92. The smallest absolute Gasteiger partial charge is 0.123 e. The van der Waals surface area contributed by atoms with E-state index < -0.39 is 0 Å². The van der Waals surface area contributed by atoms with Crippen molar-refractivity contribution >= 4 is 10.8 Å². The number of benzene rings is 2. The quantitative estimate of drug-likeness (QED) is 0.732. The molecule has 0 atom stereocenters. The highest BCUT2D eigenvalue weighted by Gasteiger charge is 2.07. The molecular weight excluding hydrogens is 234 g/mol. The van der Waals surface area contributed by atoms with Gasteiger partial charge in [0.15, 0.2) is 0 Å². The summed E-state index contributed by atoms with van der Waals surface area (Å²) in [5.74, 6) is 0.973. The van der Waals surface area contributed by atoms with Crippen LogP contribution in [0.2, 0.25) is 0 Å². The van der Waals surface area contributed by atoms with E-state index in [1.807, 2.05) is 6.08 Å². The van der Waals surface area contributed by atoms with Gasteiger partial charge in [-0.2, -0.15) is 0 Å². The summed E-state index contributed by atoms with van der Waals surface area (Å²) >= 11 is 0. The van der Waals surface area contributed by atoms with Crippen LogP contribution in [0.5, 0.6) is 5.75 Å². The largest absolute Gasteiger partial charge is 0.492 e. The van der Waals surface area contributed by atoms with E-state index >= 15 is 0 Å². The molecule has 0 aliphatic carbocycles. The predicted octanol–water partition coefficient (Wildman–Crippen LogP) is 3.51. The molecule has 2 nitrogen and oxygen atoms in total. The second-order valence-electron chi connectivity index (χ2n) is 4.91. The highest BCUT2D eigenvalue weighted by Crippen LogP contribution is 2.28. The van der Waals surface area contributed by atoms with Gasteiger partial charge in [0.1, 0.15) is 12.4 Å². The summed E-state index contributed by atoms with van der Waals surface area (Å²) in [6.07, 6.45) is 2.76. The molecule has 0 aliphatic rings. The zero-order chi connectivity index (χ0) is 13.7. The van der Waals surface area contributed by atoms with Crippen molar-refractivity contribution < 1.29 is 4.74 Å². The van der Waals surface area contributed by atoms with Crippen molar-refractivity contribution in [3.8, 4) is 5.75 Å². The molecular formula is C17H21NO. The Morgan fingerprint density at radius 3 is 2.68 bits per heavy atom. The predicted molar refractivity (Wildman–Crippen MR) is 81.9 cm³/mol. The lowest BCUT2D eigenvalue weighted by Crippen LogP contribution is -2.19.